The van der Waals surface area contributed by atoms with E-state index in [1.165, 1.54) is 31.2 Å². The van der Waals surface area contributed by atoms with Crippen LogP contribution in [0.15, 0.2) is 24.3 Å². The number of hydrogen-bond donors (Lipinski definition) is 1. The van der Waals surface area contributed by atoms with E-state index in [1.54, 1.807) is 6.92 Å². The van der Waals surface area contributed by atoms with E-state index in [-0.39, 0.29) is 11.9 Å². The molecule has 0 fully saturated rings. The third kappa shape index (κ3) is 6.85. The van der Waals surface area contributed by atoms with Gasteiger partial charge in [0, 0.05) is 5.56 Å². The molecule has 0 unspecified atom stereocenters. The molecule has 0 bridgehead atoms. The van der Waals surface area contributed by atoms with Crippen LogP contribution >= 0.6 is 0 Å². The standard InChI is InChI=1S/C18H28O2/c1-3-4-5-6-7-8-18(20)14-11-16-9-12-17(13-10-16)15(2)19/h9-10,12-13,18,20H,3-8,11,14H2,1-2H3/t18-/m1/s1. The fourth-order valence-electron chi connectivity index (χ4n) is 2.37. The largest absolute Gasteiger partial charge is 0.393 e. The summed E-state index contributed by atoms with van der Waals surface area (Å²) in [4.78, 5) is 11.2. The second-order valence-corrected chi connectivity index (χ2v) is 5.65. The normalized spacial score (nSPS) is 12.3. The Balaban J connectivity index is 2.20. The number of carbonyl (C=O) groups excluding carboxylic acids is 1. The maximum absolute atomic E-state index is 11.2. The van der Waals surface area contributed by atoms with Gasteiger partial charge in [-0.25, -0.2) is 0 Å². The summed E-state index contributed by atoms with van der Waals surface area (Å²) >= 11 is 0. The van der Waals surface area contributed by atoms with E-state index in [0.717, 1.165) is 31.2 Å². The lowest BCUT2D eigenvalue weighted by Crippen LogP contribution is -2.07. The first-order valence-electron chi connectivity index (χ1n) is 7.91. The number of benzene rings is 1. The minimum absolute atomic E-state index is 0.101. The molecule has 2 nitrogen and oxygen atoms in total. The first-order valence-corrected chi connectivity index (χ1v) is 7.91. The van der Waals surface area contributed by atoms with Gasteiger partial charge in [0.05, 0.1) is 6.10 Å². The van der Waals surface area contributed by atoms with Crippen LogP contribution in [0, 0.1) is 0 Å². The summed E-state index contributed by atoms with van der Waals surface area (Å²) in [6.07, 6.45) is 8.64. The van der Waals surface area contributed by atoms with Gasteiger partial charge in [0.25, 0.3) is 0 Å². The van der Waals surface area contributed by atoms with Crippen molar-refractivity contribution in [3.8, 4) is 0 Å². The molecule has 0 saturated carbocycles. The van der Waals surface area contributed by atoms with Gasteiger partial charge in [-0.1, -0.05) is 63.3 Å². The molecule has 112 valence electrons. The van der Waals surface area contributed by atoms with Crippen LogP contribution in [0.3, 0.4) is 0 Å². The third-order valence-corrected chi connectivity index (χ3v) is 3.77. The molecule has 20 heavy (non-hydrogen) atoms. The Bertz CT molecular complexity index is 381. The predicted molar refractivity (Wildman–Crippen MR) is 84.2 cm³/mol. The number of aliphatic hydroxyl groups is 1. The minimum atomic E-state index is -0.191. The molecular weight excluding hydrogens is 248 g/mol. The van der Waals surface area contributed by atoms with Crippen molar-refractivity contribution < 1.29 is 9.90 Å². The van der Waals surface area contributed by atoms with Crippen molar-refractivity contribution in [2.75, 3.05) is 0 Å². The molecule has 0 spiro atoms. The highest BCUT2D eigenvalue weighted by Gasteiger charge is 2.05. The molecule has 0 aliphatic carbocycles. The maximum Gasteiger partial charge on any atom is 0.159 e. The highest BCUT2D eigenvalue weighted by atomic mass is 16.3. The SMILES string of the molecule is CCCCCCC[C@@H](O)CCc1ccc(C(C)=O)cc1. The quantitative estimate of drug-likeness (QED) is 0.503. The summed E-state index contributed by atoms with van der Waals surface area (Å²) in [6.45, 7) is 3.80. The Hall–Kier alpha value is -1.15. The van der Waals surface area contributed by atoms with Gasteiger partial charge in [-0.05, 0) is 31.7 Å². The highest BCUT2D eigenvalue weighted by molar-refractivity contribution is 5.93. The van der Waals surface area contributed by atoms with Gasteiger partial charge in [0.2, 0.25) is 0 Å². The van der Waals surface area contributed by atoms with Crippen molar-refractivity contribution in [1.82, 2.24) is 0 Å². The molecule has 0 aliphatic heterocycles. The number of unbranched alkanes of at least 4 members (excludes halogenated alkanes) is 4. The molecule has 0 saturated heterocycles. The monoisotopic (exact) mass is 276 g/mol. The number of carbonyl (C=O) groups is 1. The van der Waals surface area contributed by atoms with E-state index in [1.807, 2.05) is 24.3 Å². The van der Waals surface area contributed by atoms with Crippen molar-refractivity contribution in [3.63, 3.8) is 0 Å². The predicted octanol–water partition coefficient (Wildman–Crippen LogP) is 4.54. The zero-order valence-electron chi connectivity index (χ0n) is 12.9. The summed E-state index contributed by atoms with van der Waals surface area (Å²) in [5.74, 6) is 0.101. The summed E-state index contributed by atoms with van der Waals surface area (Å²) in [5.41, 5.74) is 1.95. The van der Waals surface area contributed by atoms with Crippen LogP contribution < -0.4 is 0 Å². The van der Waals surface area contributed by atoms with Crippen LogP contribution in [0.1, 0.15) is 74.7 Å². The zero-order valence-corrected chi connectivity index (χ0v) is 12.9. The van der Waals surface area contributed by atoms with Crippen molar-refractivity contribution in [2.24, 2.45) is 0 Å². The van der Waals surface area contributed by atoms with Crippen LogP contribution in [0.5, 0.6) is 0 Å². The summed E-state index contributed by atoms with van der Waals surface area (Å²) in [5, 5.41) is 9.96. The van der Waals surface area contributed by atoms with Crippen LogP contribution in [0.2, 0.25) is 0 Å². The number of ketones is 1. The Labute approximate surface area is 123 Å². The van der Waals surface area contributed by atoms with E-state index < -0.39 is 0 Å². The Morgan fingerprint density at radius 2 is 1.70 bits per heavy atom. The number of aryl methyl sites for hydroxylation is 1. The number of Topliss-reactive ketones (excluding diaryl/α,β-unsaturated/α-hetero) is 1. The Morgan fingerprint density at radius 1 is 1.05 bits per heavy atom. The van der Waals surface area contributed by atoms with Gasteiger partial charge in [-0.3, -0.25) is 4.79 Å². The Morgan fingerprint density at radius 3 is 2.30 bits per heavy atom. The van der Waals surface area contributed by atoms with E-state index in [0.29, 0.717) is 0 Å². The molecule has 0 radical (unpaired) electrons. The van der Waals surface area contributed by atoms with Gasteiger partial charge in [-0.15, -0.1) is 0 Å². The van der Waals surface area contributed by atoms with Gasteiger partial charge >= 0.3 is 0 Å². The molecule has 0 heterocycles. The first kappa shape index (κ1) is 16.9. The fraction of sp³-hybridized carbons (Fsp3) is 0.611. The summed E-state index contributed by atoms with van der Waals surface area (Å²) < 4.78 is 0. The lowest BCUT2D eigenvalue weighted by Gasteiger charge is -2.10. The van der Waals surface area contributed by atoms with Crippen LogP contribution in [-0.2, 0) is 6.42 Å². The molecule has 0 amide bonds. The number of rotatable bonds is 10. The fourth-order valence-corrected chi connectivity index (χ4v) is 2.37. The van der Waals surface area contributed by atoms with E-state index >= 15 is 0 Å². The summed E-state index contributed by atoms with van der Waals surface area (Å²) in [6, 6.07) is 7.72. The Kier molecular flexibility index (Phi) is 8.20. The molecule has 1 atom stereocenters. The molecule has 1 rings (SSSR count). The van der Waals surface area contributed by atoms with Gasteiger partial charge in [0.15, 0.2) is 5.78 Å². The second kappa shape index (κ2) is 9.71. The number of hydrogen-bond acceptors (Lipinski definition) is 2. The van der Waals surface area contributed by atoms with Crippen LogP contribution in [-0.4, -0.2) is 17.0 Å². The minimum Gasteiger partial charge on any atom is -0.393 e. The van der Waals surface area contributed by atoms with Gasteiger partial charge in [0.1, 0.15) is 0 Å². The molecule has 2 heteroatoms. The average Bonchev–Trinajstić information content (AvgIpc) is 2.45. The average molecular weight is 276 g/mol. The van der Waals surface area contributed by atoms with Gasteiger partial charge < -0.3 is 5.11 Å². The lowest BCUT2D eigenvalue weighted by molar-refractivity contribution is 0.101. The molecule has 1 aromatic rings. The van der Waals surface area contributed by atoms with Gasteiger partial charge in [-0.2, -0.15) is 0 Å². The summed E-state index contributed by atoms with van der Waals surface area (Å²) in [7, 11) is 0. The molecule has 1 aromatic carbocycles. The van der Waals surface area contributed by atoms with E-state index in [9.17, 15) is 9.90 Å². The molecule has 1 N–H and O–H groups in total. The van der Waals surface area contributed by atoms with Crippen LogP contribution in [0.25, 0.3) is 0 Å². The second-order valence-electron chi connectivity index (χ2n) is 5.65. The van der Waals surface area contributed by atoms with Crippen molar-refractivity contribution in [1.29, 1.82) is 0 Å². The van der Waals surface area contributed by atoms with Crippen molar-refractivity contribution >= 4 is 5.78 Å². The maximum atomic E-state index is 11.2. The first-order chi connectivity index (χ1) is 9.63. The van der Waals surface area contributed by atoms with Crippen molar-refractivity contribution in [2.45, 2.75) is 71.3 Å². The molecule has 0 aliphatic rings. The number of aliphatic hydroxyl groups excluding tert-OH is 1. The lowest BCUT2D eigenvalue weighted by atomic mass is 10.0. The van der Waals surface area contributed by atoms with E-state index in [2.05, 4.69) is 6.92 Å². The smallest absolute Gasteiger partial charge is 0.159 e. The van der Waals surface area contributed by atoms with E-state index in [4.69, 9.17) is 0 Å². The highest BCUT2D eigenvalue weighted by Crippen LogP contribution is 2.13. The third-order valence-electron chi connectivity index (χ3n) is 3.77. The molecule has 0 aromatic heterocycles. The topological polar surface area (TPSA) is 37.3 Å². The van der Waals surface area contributed by atoms with Crippen molar-refractivity contribution in [3.05, 3.63) is 35.4 Å². The molecular formula is C18H28O2. The van der Waals surface area contributed by atoms with Crippen LogP contribution in [0.4, 0.5) is 0 Å². The zero-order chi connectivity index (χ0) is 14.8.